The summed E-state index contributed by atoms with van der Waals surface area (Å²) in [5.74, 6) is -0.750. The molecule has 0 aliphatic carbocycles. The molecule has 0 heterocycles. The first kappa shape index (κ1) is 23.5. The molecule has 0 aromatic heterocycles. The standard InChI is InChI=1S/C18H16BrClN4O5S/c1-2-10-3-6-15(12(19)7-10)29-9-16(25)22-23-18(30)21-17(26)11-4-5-13(20)14(8-11)24(27)28/h3-8H,2,9H2,1H3,(H,22,25)(H2,21,23,26,30). The highest BCUT2D eigenvalue weighted by Gasteiger charge is 2.17. The Hall–Kier alpha value is -2.76. The predicted molar refractivity (Wildman–Crippen MR) is 118 cm³/mol. The summed E-state index contributed by atoms with van der Waals surface area (Å²) in [6.45, 7) is 1.73. The predicted octanol–water partition coefficient (Wildman–Crippen LogP) is 3.29. The second-order valence-corrected chi connectivity index (χ2v) is 7.46. The van der Waals surface area contributed by atoms with E-state index in [0.29, 0.717) is 5.75 Å². The van der Waals surface area contributed by atoms with Gasteiger partial charge in [0, 0.05) is 11.6 Å². The lowest BCUT2D eigenvalue weighted by molar-refractivity contribution is -0.384. The average Bonchev–Trinajstić information content (AvgIpc) is 2.71. The van der Waals surface area contributed by atoms with E-state index in [4.69, 9.17) is 28.6 Å². The summed E-state index contributed by atoms with van der Waals surface area (Å²) in [6.07, 6.45) is 0.871. The lowest BCUT2D eigenvalue weighted by Crippen LogP contribution is -2.49. The van der Waals surface area contributed by atoms with Crippen LogP contribution in [0.5, 0.6) is 5.75 Å². The van der Waals surface area contributed by atoms with Gasteiger partial charge >= 0.3 is 0 Å². The molecule has 30 heavy (non-hydrogen) atoms. The van der Waals surface area contributed by atoms with Crippen molar-refractivity contribution in [2.24, 2.45) is 0 Å². The van der Waals surface area contributed by atoms with Crippen molar-refractivity contribution < 1.29 is 19.2 Å². The van der Waals surface area contributed by atoms with Gasteiger partial charge in [-0.2, -0.15) is 0 Å². The number of nitro benzene ring substituents is 1. The number of hydrogen-bond donors (Lipinski definition) is 3. The van der Waals surface area contributed by atoms with Crippen LogP contribution in [0, 0.1) is 10.1 Å². The Kier molecular flexibility index (Phi) is 8.51. The topological polar surface area (TPSA) is 123 Å². The van der Waals surface area contributed by atoms with Crippen LogP contribution in [0.1, 0.15) is 22.8 Å². The van der Waals surface area contributed by atoms with Crippen molar-refractivity contribution in [2.75, 3.05) is 6.61 Å². The highest BCUT2D eigenvalue weighted by molar-refractivity contribution is 9.10. The fourth-order valence-electron chi connectivity index (χ4n) is 2.19. The number of hydrazine groups is 1. The van der Waals surface area contributed by atoms with E-state index >= 15 is 0 Å². The normalized spacial score (nSPS) is 10.1. The van der Waals surface area contributed by atoms with E-state index in [1.54, 1.807) is 6.07 Å². The van der Waals surface area contributed by atoms with Crippen LogP contribution >= 0.6 is 39.7 Å². The Morgan fingerprint density at radius 3 is 2.60 bits per heavy atom. The van der Waals surface area contributed by atoms with Crippen LogP contribution in [-0.2, 0) is 11.2 Å². The zero-order valence-corrected chi connectivity index (χ0v) is 18.7. The van der Waals surface area contributed by atoms with E-state index in [2.05, 4.69) is 32.1 Å². The van der Waals surface area contributed by atoms with Gasteiger partial charge in [-0.25, -0.2) is 0 Å². The van der Waals surface area contributed by atoms with Crippen molar-refractivity contribution >= 4 is 62.4 Å². The van der Waals surface area contributed by atoms with Gasteiger partial charge in [0.2, 0.25) is 0 Å². The van der Waals surface area contributed by atoms with Crippen LogP contribution in [0.3, 0.4) is 0 Å². The molecule has 0 saturated carbocycles. The maximum Gasteiger partial charge on any atom is 0.288 e. The molecule has 3 N–H and O–H groups in total. The van der Waals surface area contributed by atoms with Crippen LogP contribution in [0.25, 0.3) is 0 Å². The molecule has 0 radical (unpaired) electrons. The second-order valence-electron chi connectivity index (χ2n) is 5.79. The van der Waals surface area contributed by atoms with Crippen molar-refractivity contribution in [2.45, 2.75) is 13.3 Å². The van der Waals surface area contributed by atoms with Crippen LogP contribution in [-0.4, -0.2) is 28.5 Å². The SMILES string of the molecule is CCc1ccc(OCC(=O)NNC(=S)NC(=O)c2ccc(Cl)c([N+](=O)[O-])c2)c(Br)c1. The van der Waals surface area contributed by atoms with E-state index in [-0.39, 0.29) is 22.3 Å². The molecule has 2 aromatic rings. The summed E-state index contributed by atoms with van der Waals surface area (Å²) in [5.41, 5.74) is 5.31. The quantitative estimate of drug-likeness (QED) is 0.306. The number of halogens is 2. The van der Waals surface area contributed by atoms with E-state index in [1.165, 1.54) is 12.1 Å². The van der Waals surface area contributed by atoms with Gasteiger partial charge in [-0.1, -0.05) is 24.6 Å². The van der Waals surface area contributed by atoms with Gasteiger partial charge < -0.3 is 4.74 Å². The van der Waals surface area contributed by atoms with Gasteiger partial charge in [0.25, 0.3) is 17.5 Å². The molecule has 2 rings (SSSR count). The summed E-state index contributed by atoms with van der Waals surface area (Å²) >= 11 is 14.0. The molecular formula is C18H16BrClN4O5S. The Balaban J connectivity index is 1.82. The number of amides is 2. The number of carbonyl (C=O) groups excluding carboxylic acids is 2. The number of hydrogen-bond acceptors (Lipinski definition) is 6. The smallest absolute Gasteiger partial charge is 0.288 e. The molecule has 0 unspecified atom stereocenters. The average molecular weight is 516 g/mol. The van der Waals surface area contributed by atoms with Gasteiger partial charge in [0.1, 0.15) is 10.8 Å². The largest absolute Gasteiger partial charge is 0.483 e. The number of ether oxygens (including phenoxy) is 1. The molecule has 158 valence electrons. The summed E-state index contributed by atoms with van der Waals surface area (Å²) in [6, 6.07) is 9.10. The van der Waals surface area contributed by atoms with Gasteiger partial charge in [0.15, 0.2) is 11.7 Å². The third-order valence-corrected chi connectivity index (χ3v) is 4.85. The van der Waals surface area contributed by atoms with Gasteiger partial charge in [-0.05, 0) is 64.4 Å². The van der Waals surface area contributed by atoms with Crippen molar-refractivity contribution in [1.29, 1.82) is 0 Å². The zero-order chi connectivity index (χ0) is 22.3. The van der Waals surface area contributed by atoms with Crippen molar-refractivity contribution in [3.8, 4) is 5.75 Å². The monoisotopic (exact) mass is 514 g/mol. The Bertz CT molecular complexity index is 1000. The summed E-state index contributed by atoms with van der Waals surface area (Å²) in [7, 11) is 0. The van der Waals surface area contributed by atoms with E-state index in [9.17, 15) is 19.7 Å². The molecule has 0 atom stereocenters. The fraction of sp³-hybridized carbons (Fsp3) is 0.167. The molecule has 9 nitrogen and oxygen atoms in total. The first-order valence-electron chi connectivity index (χ1n) is 8.46. The van der Waals surface area contributed by atoms with Gasteiger partial charge in [-0.3, -0.25) is 35.9 Å². The molecule has 2 aromatic carbocycles. The van der Waals surface area contributed by atoms with Gasteiger partial charge in [0.05, 0.1) is 9.40 Å². The van der Waals surface area contributed by atoms with Gasteiger partial charge in [-0.15, -0.1) is 0 Å². The second kappa shape index (κ2) is 10.9. The molecule has 2 amide bonds. The van der Waals surface area contributed by atoms with Crippen LogP contribution < -0.4 is 20.9 Å². The minimum atomic E-state index is -0.710. The van der Waals surface area contributed by atoms with Crippen molar-refractivity contribution in [3.05, 3.63) is 67.1 Å². The molecule has 0 spiro atoms. The zero-order valence-electron chi connectivity index (χ0n) is 15.5. The Morgan fingerprint density at radius 1 is 1.23 bits per heavy atom. The van der Waals surface area contributed by atoms with Crippen molar-refractivity contribution in [1.82, 2.24) is 16.2 Å². The molecule has 0 saturated heterocycles. The number of nitrogens with zero attached hydrogens (tertiary/aromatic N) is 1. The number of aryl methyl sites for hydroxylation is 1. The lowest BCUT2D eigenvalue weighted by Gasteiger charge is -2.12. The maximum absolute atomic E-state index is 12.1. The molecule has 0 aliphatic rings. The number of carbonyl (C=O) groups is 2. The number of rotatable bonds is 6. The van der Waals surface area contributed by atoms with Crippen LogP contribution in [0.15, 0.2) is 40.9 Å². The number of nitro groups is 1. The minimum Gasteiger partial charge on any atom is -0.483 e. The molecule has 0 aliphatic heterocycles. The first-order chi connectivity index (χ1) is 14.2. The van der Waals surface area contributed by atoms with E-state index in [0.717, 1.165) is 22.5 Å². The van der Waals surface area contributed by atoms with E-state index < -0.39 is 22.4 Å². The fourth-order valence-corrected chi connectivity index (χ4v) is 3.06. The molecule has 0 fully saturated rings. The van der Waals surface area contributed by atoms with Crippen LogP contribution in [0.4, 0.5) is 5.69 Å². The first-order valence-corrected chi connectivity index (χ1v) is 10.0. The van der Waals surface area contributed by atoms with Crippen molar-refractivity contribution in [3.63, 3.8) is 0 Å². The van der Waals surface area contributed by atoms with E-state index in [1.807, 2.05) is 19.1 Å². The molecule has 0 bridgehead atoms. The maximum atomic E-state index is 12.1. The Morgan fingerprint density at radius 2 is 1.97 bits per heavy atom. The number of thiocarbonyl (C=S) groups is 1. The summed E-state index contributed by atoms with van der Waals surface area (Å²) < 4.78 is 6.15. The highest BCUT2D eigenvalue weighted by atomic mass is 79.9. The number of benzene rings is 2. The molecular weight excluding hydrogens is 500 g/mol. The minimum absolute atomic E-state index is 0.0229. The highest BCUT2D eigenvalue weighted by Crippen LogP contribution is 2.26. The number of nitrogens with one attached hydrogen (secondary N) is 3. The third-order valence-electron chi connectivity index (χ3n) is 3.71. The molecule has 12 heteroatoms. The summed E-state index contributed by atoms with van der Waals surface area (Å²) in [5, 5.41) is 12.9. The lowest BCUT2D eigenvalue weighted by atomic mass is 10.2. The third kappa shape index (κ3) is 6.65. The van der Waals surface area contributed by atoms with Crippen LogP contribution in [0.2, 0.25) is 5.02 Å². The summed E-state index contributed by atoms with van der Waals surface area (Å²) in [4.78, 5) is 34.2. The Labute approximate surface area is 190 Å².